The second-order valence-electron chi connectivity index (χ2n) is 6.14. The molecular weight excluding hydrogens is 270 g/mol. The molecule has 2 amide bonds. The Morgan fingerprint density at radius 3 is 2.81 bits per heavy atom. The molecule has 0 saturated heterocycles. The summed E-state index contributed by atoms with van der Waals surface area (Å²) >= 11 is 0. The Morgan fingerprint density at radius 2 is 2.19 bits per heavy atom. The lowest BCUT2D eigenvalue weighted by atomic mass is 10.0. The highest BCUT2D eigenvalue weighted by atomic mass is 16.6. The molecule has 1 N–H and O–H groups in total. The number of aryl methyl sites for hydroxylation is 1. The van der Waals surface area contributed by atoms with Crippen molar-refractivity contribution in [2.75, 3.05) is 11.9 Å². The predicted molar refractivity (Wildman–Crippen MR) is 79.0 cm³/mol. The lowest BCUT2D eigenvalue weighted by molar-refractivity contribution is -0.105. The Kier molecular flexibility index (Phi) is 4.16. The summed E-state index contributed by atoms with van der Waals surface area (Å²) < 4.78 is 5.39. The van der Waals surface area contributed by atoms with Gasteiger partial charge in [-0.15, -0.1) is 0 Å². The highest BCUT2D eigenvalue weighted by molar-refractivity contribution is 5.73. The highest BCUT2D eigenvalue weighted by Crippen LogP contribution is 2.24. The largest absolute Gasteiger partial charge is 0.444 e. The molecule has 0 unspecified atom stereocenters. The minimum absolute atomic E-state index is 0.321. The van der Waals surface area contributed by atoms with Crippen LogP contribution in [0.5, 0.6) is 0 Å². The lowest BCUT2D eigenvalue weighted by Gasteiger charge is -2.31. The van der Waals surface area contributed by atoms with E-state index >= 15 is 0 Å². The predicted octanol–water partition coefficient (Wildman–Crippen LogP) is 2.25. The monoisotopic (exact) mass is 291 g/mol. The molecule has 6 nitrogen and oxygen atoms in total. The summed E-state index contributed by atoms with van der Waals surface area (Å²) in [6.07, 6.45) is 1.00. The number of hydrogen-bond acceptors (Lipinski definition) is 4. The maximum absolute atomic E-state index is 12.1. The van der Waals surface area contributed by atoms with Crippen molar-refractivity contribution in [3.05, 3.63) is 23.0 Å². The summed E-state index contributed by atoms with van der Waals surface area (Å²) in [4.78, 5) is 28.9. The Morgan fingerprint density at radius 1 is 1.48 bits per heavy atom. The van der Waals surface area contributed by atoms with E-state index in [1.54, 1.807) is 4.90 Å². The van der Waals surface area contributed by atoms with Crippen molar-refractivity contribution in [1.82, 2.24) is 9.88 Å². The van der Waals surface area contributed by atoms with Crippen LogP contribution >= 0.6 is 0 Å². The molecule has 6 heteroatoms. The smallest absolute Gasteiger partial charge is 0.410 e. The van der Waals surface area contributed by atoms with Crippen LogP contribution < -0.4 is 5.32 Å². The molecular formula is C15H21N3O3. The molecule has 0 spiro atoms. The standard InChI is InChI=1S/C15H21N3O3/c1-10-13(16-9-19)7-11-8-18(6-5-12(11)17-10)14(20)21-15(2,3)4/h7,9H,5-6,8H2,1-4H3,(H,16,19). The van der Waals surface area contributed by atoms with Gasteiger partial charge in [0.2, 0.25) is 6.41 Å². The van der Waals surface area contributed by atoms with Crippen molar-refractivity contribution in [2.24, 2.45) is 0 Å². The van der Waals surface area contributed by atoms with Crippen LogP contribution in [0.2, 0.25) is 0 Å². The lowest BCUT2D eigenvalue weighted by Crippen LogP contribution is -2.40. The molecule has 1 aromatic rings. The Bertz CT molecular complexity index is 564. The zero-order valence-corrected chi connectivity index (χ0v) is 12.9. The minimum atomic E-state index is -0.507. The topological polar surface area (TPSA) is 71.5 Å². The first-order chi connectivity index (χ1) is 9.80. The van der Waals surface area contributed by atoms with Gasteiger partial charge in [-0.05, 0) is 39.3 Å². The molecule has 0 aromatic carbocycles. The van der Waals surface area contributed by atoms with E-state index in [4.69, 9.17) is 4.74 Å². The van der Waals surface area contributed by atoms with Gasteiger partial charge in [0, 0.05) is 18.7 Å². The Balaban J connectivity index is 2.17. The quantitative estimate of drug-likeness (QED) is 0.848. The van der Waals surface area contributed by atoms with Crippen molar-refractivity contribution in [3.8, 4) is 0 Å². The number of nitrogens with one attached hydrogen (secondary N) is 1. The van der Waals surface area contributed by atoms with Gasteiger partial charge >= 0.3 is 6.09 Å². The molecule has 1 aliphatic heterocycles. The van der Waals surface area contributed by atoms with Crippen molar-refractivity contribution in [2.45, 2.75) is 46.3 Å². The van der Waals surface area contributed by atoms with E-state index in [-0.39, 0.29) is 6.09 Å². The number of aromatic nitrogens is 1. The van der Waals surface area contributed by atoms with Crippen LogP contribution in [0.1, 0.15) is 37.7 Å². The van der Waals surface area contributed by atoms with E-state index in [0.29, 0.717) is 31.6 Å². The third kappa shape index (κ3) is 3.71. The summed E-state index contributed by atoms with van der Waals surface area (Å²) in [5, 5.41) is 2.63. The number of ether oxygens (including phenoxy) is 1. The zero-order valence-electron chi connectivity index (χ0n) is 12.9. The van der Waals surface area contributed by atoms with Crippen molar-refractivity contribution in [1.29, 1.82) is 0 Å². The van der Waals surface area contributed by atoms with Gasteiger partial charge in [0.1, 0.15) is 5.60 Å². The third-order valence-electron chi connectivity index (χ3n) is 3.23. The summed E-state index contributed by atoms with van der Waals surface area (Å²) in [6, 6.07) is 1.88. The van der Waals surface area contributed by atoms with Gasteiger partial charge in [-0.25, -0.2) is 4.79 Å². The first-order valence-corrected chi connectivity index (χ1v) is 6.97. The fourth-order valence-electron chi connectivity index (χ4n) is 2.27. The molecule has 0 saturated carbocycles. The molecule has 0 aliphatic carbocycles. The van der Waals surface area contributed by atoms with Crippen molar-refractivity contribution in [3.63, 3.8) is 0 Å². The van der Waals surface area contributed by atoms with Crippen molar-refractivity contribution >= 4 is 18.2 Å². The number of hydrogen-bond donors (Lipinski definition) is 1. The van der Waals surface area contributed by atoms with E-state index < -0.39 is 5.60 Å². The zero-order chi connectivity index (χ0) is 15.6. The van der Waals surface area contributed by atoms with Gasteiger partial charge in [0.15, 0.2) is 0 Å². The minimum Gasteiger partial charge on any atom is -0.444 e. The maximum Gasteiger partial charge on any atom is 0.410 e. The van der Waals surface area contributed by atoms with Crippen LogP contribution in [0.15, 0.2) is 6.07 Å². The molecule has 0 atom stereocenters. The van der Waals surface area contributed by atoms with Crippen LogP contribution in [0.3, 0.4) is 0 Å². The average molecular weight is 291 g/mol. The molecule has 0 fully saturated rings. The normalized spacial score (nSPS) is 14.4. The van der Waals surface area contributed by atoms with E-state index in [1.807, 2.05) is 33.8 Å². The summed E-state index contributed by atoms with van der Waals surface area (Å²) in [5.74, 6) is 0. The number of pyridine rings is 1. The van der Waals surface area contributed by atoms with Crippen molar-refractivity contribution < 1.29 is 14.3 Å². The molecule has 0 bridgehead atoms. The van der Waals surface area contributed by atoms with Gasteiger partial charge < -0.3 is 15.0 Å². The third-order valence-corrected chi connectivity index (χ3v) is 3.23. The fraction of sp³-hybridized carbons (Fsp3) is 0.533. The Labute approximate surface area is 124 Å². The number of carbonyl (C=O) groups excluding carboxylic acids is 2. The molecule has 1 aromatic heterocycles. The number of nitrogens with zero attached hydrogens (tertiary/aromatic N) is 2. The van der Waals surface area contributed by atoms with Crippen LogP contribution in [-0.2, 0) is 22.5 Å². The van der Waals surface area contributed by atoms with Crippen LogP contribution in [0.25, 0.3) is 0 Å². The molecule has 2 rings (SSSR count). The average Bonchev–Trinajstić information content (AvgIpc) is 2.37. The van der Waals surface area contributed by atoms with Gasteiger partial charge in [0.25, 0.3) is 0 Å². The fourth-order valence-corrected chi connectivity index (χ4v) is 2.27. The number of rotatable bonds is 2. The van der Waals surface area contributed by atoms with Crippen LogP contribution in [0, 0.1) is 6.92 Å². The number of amides is 2. The molecule has 1 aliphatic rings. The van der Waals surface area contributed by atoms with E-state index in [0.717, 1.165) is 17.0 Å². The maximum atomic E-state index is 12.1. The van der Waals surface area contributed by atoms with Gasteiger partial charge in [0.05, 0.1) is 17.9 Å². The number of fused-ring (bicyclic) bond motifs is 1. The van der Waals surface area contributed by atoms with E-state index in [2.05, 4.69) is 10.3 Å². The number of carbonyl (C=O) groups is 2. The molecule has 0 radical (unpaired) electrons. The van der Waals surface area contributed by atoms with E-state index in [9.17, 15) is 9.59 Å². The summed E-state index contributed by atoms with van der Waals surface area (Å²) in [5.41, 5.74) is 2.87. The van der Waals surface area contributed by atoms with Crippen LogP contribution in [0.4, 0.5) is 10.5 Å². The van der Waals surface area contributed by atoms with Gasteiger partial charge in [-0.1, -0.05) is 0 Å². The summed E-state index contributed by atoms with van der Waals surface area (Å²) in [7, 11) is 0. The SMILES string of the molecule is Cc1nc2c(cc1NC=O)CN(C(=O)OC(C)(C)C)CC2. The van der Waals surface area contributed by atoms with Gasteiger partial charge in [-0.2, -0.15) is 0 Å². The van der Waals surface area contributed by atoms with E-state index in [1.165, 1.54) is 0 Å². The highest BCUT2D eigenvalue weighted by Gasteiger charge is 2.26. The first kappa shape index (κ1) is 15.3. The molecule has 2 heterocycles. The second kappa shape index (κ2) is 5.71. The second-order valence-corrected chi connectivity index (χ2v) is 6.14. The summed E-state index contributed by atoms with van der Waals surface area (Å²) in [6.45, 7) is 8.44. The first-order valence-electron chi connectivity index (χ1n) is 6.97. The Hall–Kier alpha value is -2.11. The van der Waals surface area contributed by atoms with Crippen LogP contribution in [-0.4, -0.2) is 34.5 Å². The number of anilines is 1. The van der Waals surface area contributed by atoms with Gasteiger partial charge in [-0.3, -0.25) is 9.78 Å². The molecule has 114 valence electrons. The molecule has 21 heavy (non-hydrogen) atoms.